The monoisotopic (exact) mass is 751 g/mol. The fourth-order valence-electron chi connectivity index (χ4n) is 6.35. The van der Waals surface area contributed by atoms with E-state index in [1.807, 2.05) is 13.8 Å². The van der Waals surface area contributed by atoms with E-state index in [9.17, 15) is 27.6 Å². The van der Waals surface area contributed by atoms with Gasteiger partial charge >= 0.3 is 12.1 Å². The number of carbonyl (C=O) groups excluding carboxylic acids is 3. The number of aliphatic imine (C=N–C) groups is 1. The van der Waals surface area contributed by atoms with Crippen LogP contribution >= 0.6 is 11.3 Å². The molecule has 0 aliphatic carbocycles. The normalized spacial score (nSPS) is 17.2. The van der Waals surface area contributed by atoms with Crippen molar-refractivity contribution in [2.45, 2.75) is 85.4 Å². The number of fused-ring (bicyclic) bond motifs is 1. The number of rotatable bonds is 12. The number of nitrogens with zero attached hydrogens (tertiary/aromatic N) is 2. The van der Waals surface area contributed by atoms with Gasteiger partial charge in [0.1, 0.15) is 11.4 Å². The molecular weight excluding hydrogens is 708 g/mol. The Hall–Kier alpha value is -4.91. The standard InChI is InChI=1S/C40H44F3N3O6S/c1-8-50-37-33-32(29-18-19-30(53-29)36(47)44-21-24-12-16-26(42)27(43)20-24)31(38(48)51-9-2)28(17-13-23-10-14-25(41)15-11-23)45-34(33)35(22(3)4)46(37)39(49)52-40(5,6)7/h10-12,14-16,18-20,22,32,35H,8-9,13,17,21H2,1-7H3,(H,44,47). The first-order valence-electron chi connectivity index (χ1n) is 17.6. The van der Waals surface area contributed by atoms with Gasteiger partial charge in [0.05, 0.1) is 47.0 Å². The maximum atomic E-state index is 14.1. The lowest BCUT2D eigenvalue weighted by Crippen LogP contribution is -2.45. The first-order valence-corrected chi connectivity index (χ1v) is 18.4. The number of carbonyl (C=O) groups is 3. The van der Waals surface area contributed by atoms with Crippen LogP contribution in [-0.2, 0) is 32.0 Å². The lowest BCUT2D eigenvalue weighted by atomic mass is 9.80. The Labute approximate surface area is 311 Å². The number of nitrogens with one attached hydrogen (secondary N) is 1. The third kappa shape index (κ3) is 8.84. The SMILES string of the molecule is CCOC(=O)C1=C(CCc2ccc(F)cc2)N=C2C(=C(OCC)N(C(=O)OC(C)(C)C)C2C(C)C)C1c1ccc(C(=O)NCc2ccc(F)c(F)c2)s1. The molecule has 0 fully saturated rings. The zero-order valence-electron chi connectivity index (χ0n) is 30.8. The summed E-state index contributed by atoms with van der Waals surface area (Å²) in [4.78, 5) is 49.0. The van der Waals surface area contributed by atoms with Crippen LogP contribution in [-0.4, -0.2) is 53.4 Å². The summed E-state index contributed by atoms with van der Waals surface area (Å²) in [6.45, 7) is 12.9. The van der Waals surface area contributed by atoms with Gasteiger partial charge in [0.2, 0.25) is 5.88 Å². The van der Waals surface area contributed by atoms with Gasteiger partial charge in [0, 0.05) is 17.0 Å². The number of hydrogen-bond acceptors (Lipinski definition) is 8. The molecule has 0 spiro atoms. The second-order valence-electron chi connectivity index (χ2n) is 14.0. The van der Waals surface area contributed by atoms with E-state index in [0.29, 0.717) is 38.7 Å². The van der Waals surface area contributed by atoms with Crippen LogP contribution in [0.5, 0.6) is 0 Å². The Morgan fingerprint density at radius 1 is 0.925 bits per heavy atom. The fourth-order valence-corrected chi connectivity index (χ4v) is 7.39. The highest BCUT2D eigenvalue weighted by Gasteiger charge is 2.52. The molecule has 0 radical (unpaired) electrons. The van der Waals surface area contributed by atoms with Crippen LogP contribution in [0.4, 0.5) is 18.0 Å². The molecule has 282 valence electrons. The molecule has 2 unspecified atom stereocenters. The Morgan fingerprint density at radius 3 is 2.25 bits per heavy atom. The predicted octanol–water partition coefficient (Wildman–Crippen LogP) is 8.61. The molecule has 53 heavy (non-hydrogen) atoms. The summed E-state index contributed by atoms with van der Waals surface area (Å²) in [6, 6.07) is 12.2. The molecule has 0 saturated heterocycles. The number of amides is 2. The van der Waals surface area contributed by atoms with Crippen LogP contribution in [0.1, 0.15) is 86.5 Å². The van der Waals surface area contributed by atoms with Crippen LogP contribution in [0, 0.1) is 23.4 Å². The summed E-state index contributed by atoms with van der Waals surface area (Å²) in [5.41, 5.74) is 2.05. The number of aryl methyl sites for hydroxylation is 1. The molecule has 1 aromatic heterocycles. The molecule has 5 rings (SSSR count). The predicted molar refractivity (Wildman–Crippen MR) is 196 cm³/mol. The zero-order chi connectivity index (χ0) is 38.6. The number of allylic oxidation sites excluding steroid dienone is 1. The molecule has 2 aromatic carbocycles. The first-order chi connectivity index (χ1) is 25.1. The number of halogens is 3. The molecule has 3 aromatic rings. The fraction of sp³-hybridized carbons (Fsp3) is 0.400. The summed E-state index contributed by atoms with van der Waals surface area (Å²) < 4.78 is 58.8. The molecule has 2 aliphatic heterocycles. The van der Waals surface area contributed by atoms with Crippen molar-refractivity contribution in [2.24, 2.45) is 10.9 Å². The van der Waals surface area contributed by atoms with Gasteiger partial charge < -0.3 is 19.5 Å². The minimum absolute atomic E-state index is 0.0500. The summed E-state index contributed by atoms with van der Waals surface area (Å²) in [5.74, 6) is -4.31. The molecule has 2 amide bonds. The molecule has 3 heterocycles. The van der Waals surface area contributed by atoms with E-state index in [-0.39, 0.29) is 49.4 Å². The zero-order valence-corrected chi connectivity index (χ0v) is 31.7. The first kappa shape index (κ1) is 39.3. The number of esters is 1. The Balaban J connectivity index is 1.66. The van der Waals surface area contributed by atoms with E-state index in [0.717, 1.165) is 29.0 Å². The Morgan fingerprint density at radius 2 is 1.62 bits per heavy atom. The lowest BCUT2D eigenvalue weighted by molar-refractivity contribution is -0.138. The van der Waals surface area contributed by atoms with E-state index in [1.54, 1.807) is 58.9 Å². The van der Waals surface area contributed by atoms with Gasteiger partial charge in [-0.05, 0) is 101 Å². The van der Waals surface area contributed by atoms with Gasteiger partial charge in [-0.2, -0.15) is 0 Å². The molecule has 1 N–H and O–H groups in total. The van der Waals surface area contributed by atoms with Crippen LogP contribution in [0.2, 0.25) is 0 Å². The van der Waals surface area contributed by atoms with E-state index in [1.165, 1.54) is 23.1 Å². The van der Waals surface area contributed by atoms with Crippen molar-refractivity contribution in [3.63, 3.8) is 0 Å². The van der Waals surface area contributed by atoms with E-state index in [4.69, 9.17) is 19.2 Å². The van der Waals surface area contributed by atoms with Crippen molar-refractivity contribution < 1.29 is 41.8 Å². The number of hydrogen-bond donors (Lipinski definition) is 1. The summed E-state index contributed by atoms with van der Waals surface area (Å²) in [5, 5.41) is 2.75. The largest absolute Gasteiger partial charge is 0.479 e. The third-order valence-corrected chi connectivity index (χ3v) is 9.71. The van der Waals surface area contributed by atoms with Crippen LogP contribution in [0.15, 0.2) is 82.3 Å². The second kappa shape index (κ2) is 16.4. The van der Waals surface area contributed by atoms with Gasteiger partial charge in [-0.15, -0.1) is 11.3 Å². The van der Waals surface area contributed by atoms with Crippen LogP contribution in [0.25, 0.3) is 0 Å². The number of thiophene rings is 1. The number of benzene rings is 2. The summed E-state index contributed by atoms with van der Waals surface area (Å²) >= 11 is 1.13. The highest BCUT2D eigenvalue weighted by Crippen LogP contribution is 2.49. The van der Waals surface area contributed by atoms with Crippen molar-refractivity contribution in [3.05, 3.63) is 116 Å². The smallest absolute Gasteiger partial charge is 0.417 e. The number of ether oxygens (including phenoxy) is 3. The van der Waals surface area contributed by atoms with E-state index >= 15 is 0 Å². The van der Waals surface area contributed by atoms with E-state index < -0.39 is 47.2 Å². The topological polar surface area (TPSA) is 107 Å². The average molecular weight is 752 g/mol. The minimum atomic E-state index is -1.02. The molecular formula is C40H44F3N3O6S. The third-order valence-electron chi connectivity index (χ3n) is 8.56. The maximum Gasteiger partial charge on any atom is 0.417 e. The lowest BCUT2D eigenvalue weighted by Gasteiger charge is -2.32. The maximum absolute atomic E-state index is 14.1. The molecule has 13 heteroatoms. The van der Waals surface area contributed by atoms with Gasteiger partial charge in [0.15, 0.2) is 11.6 Å². The van der Waals surface area contributed by atoms with Gasteiger partial charge in [0.25, 0.3) is 5.91 Å². The van der Waals surface area contributed by atoms with Crippen LogP contribution in [0.3, 0.4) is 0 Å². The van der Waals surface area contributed by atoms with Gasteiger partial charge in [-0.1, -0.05) is 32.0 Å². The van der Waals surface area contributed by atoms with E-state index in [2.05, 4.69) is 5.32 Å². The van der Waals surface area contributed by atoms with Gasteiger partial charge in [-0.25, -0.2) is 27.7 Å². The molecule has 0 saturated carbocycles. The quantitative estimate of drug-likeness (QED) is 0.186. The summed E-state index contributed by atoms with van der Waals surface area (Å²) in [6.07, 6.45) is 0.0576. The molecule has 0 bridgehead atoms. The average Bonchev–Trinajstić information content (AvgIpc) is 3.71. The van der Waals surface area contributed by atoms with Gasteiger partial charge in [-0.3, -0.25) is 9.79 Å². The molecule has 2 atom stereocenters. The van der Waals surface area contributed by atoms with Crippen LogP contribution < -0.4 is 5.32 Å². The van der Waals surface area contributed by atoms with Crippen molar-refractivity contribution >= 4 is 35.0 Å². The highest BCUT2D eigenvalue weighted by molar-refractivity contribution is 7.14. The molecule has 9 nitrogen and oxygen atoms in total. The minimum Gasteiger partial charge on any atom is -0.479 e. The highest BCUT2D eigenvalue weighted by atomic mass is 32.1. The van der Waals surface area contributed by atoms with Crippen molar-refractivity contribution in [2.75, 3.05) is 13.2 Å². The second-order valence-corrected chi connectivity index (χ2v) is 15.1. The summed E-state index contributed by atoms with van der Waals surface area (Å²) in [7, 11) is 0. The molecule has 2 aliphatic rings. The Bertz CT molecular complexity index is 1960. The van der Waals surface area contributed by atoms with Crippen molar-refractivity contribution in [3.8, 4) is 0 Å². The van der Waals surface area contributed by atoms with Crippen molar-refractivity contribution in [1.29, 1.82) is 0 Å². The Kier molecular flexibility index (Phi) is 12.2. The van der Waals surface area contributed by atoms with Crippen molar-refractivity contribution in [1.82, 2.24) is 10.2 Å².